The van der Waals surface area contributed by atoms with Crippen LogP contribution in [0, 0.1) is 6.20 Å². The summed E-state index contributed by atoms with van der Waals surface area (Å²) in [6.07, 6.45) is 4.00. The quantitative estimate of drug-likeness (QED) is 0.815. The van der Waals surface area contributed by atoms with Crippen molar-refractivity contribution in [3.8, 4) is 0 Å². The van der Waals surface area contributed by atoms with Crippen molar-refractivity contribution in [1.82, 2.24) is 10.2 Å². The van der Waals surface area contributed by atoms with E-state index in [0.717, 1.165) is 0 Å². The zero-order valence-corrected chi connectivity index (χ0v) is 8.38. The molecule has 0 unspecified atom stereocenters. The van der Waals surface area contributed by atoms with E-state index in [9.17, 15) is 4.79 Å². The molecule has 0 atom stereocenters. The molecule has 5 heteroatoms. The van der Waals surface area contributed by atoms with E-state index in [1.807, 2.05) is 0 Å². The Balaban J connectivity index is 2.09. The Kier molecular flexibility index (Phi) is 2.69. The van der Waals surface area contributed by atoms with Gasteiger partial charge in [-0.3, -0.25) is 9.89 Å². The number of nitrogens with zero attached hydrogens (tertiary/aromatic N) is 1. The van der Waals surface area contributed by atoms with Gasteiger partial charge in [0, 0.05) is 16.9 Å². The Morgan fingerprint density at radius 3 is 2.73 bits per heavy atom. The SMILES string of the molecule is O=C(Nc1ccc(Cl)cc1)c1[c]n[nH]c1. The van der Waals surface area contributed by atoms with E-state index >= 15 is 0 Å². The van der Waals surface area contributed by atoms with Crippen LogP contribution in [0.2, 0.25) is 5.02 Å². The lowest BCUT2D eigenvalue weighted by molar-refractivity contribution is 0.102. The summed E-state index contributed by atoms with van der Waals surface area (Å²) in [4.78, 5) is 11.5. The molecule has 2 N–H and O–H groups in total. The van der Waals surface area contributed by atoms with Gasteiger partial charge >= 0.3 is 0 Å². The van der Waals surface area contributed by atoms with Gasteiger partial charge in [0.05, 0.1) is 5.56 Å². The maximum Gasteiger partial charge on any atom is 0.259 e. The minimum absolute atomic E-state index is 0.258. The van der Waals surface area contributed by atoms with E-state index in [1.54, 1.807) is 24.3 Å². The Morgan fingerprint density at radius 1 is 1.40 bits per heavy atom. The number of carbonyl (C=O) groups is 1. The van der Waals surface area contributed by atoms with Crippen molar-refractivity contribution >= 4 is 23.2 Å². The van der Waals surface area contributed by atoms with Gasteiger partial charge in [-0.15, -0.1) is 0 Å². The van der Waals surface area contributed by atoms with Gasteiger partial charge in [-0.2, -0.15) is 5.10 Å². The molecule has 0 saturated heterocycles. The van der Waals surface area contributed by atoms with Gasteiger partial charge in [-0.05, 0) is 24.3 Å². The summed E-state index contributed by atoms with van der Waals surface area (Å²) in [7, 11) is 0. The van der Waals surface area contributed by atoms with E-state index in [0.29, 0.717) is 16.3 Å². The number of H-pyrrole nitrogens is 1. The van der Waals surface area contributed by atoms with Crippen LogP contribution in [0.25, 0.3) is 0 Å². The normalized spacial score (nSPS) is 9.93. The van der Waals surface area contributed by atoms with Crippen LogP contribution in [-0.2, 0) is 0 Å². The van der Waals surface area contributed by atoms with Crippen molar-refractivity contribution in [3.63, 3.8) is 0 Å². The zero-order valence-electron chi connectivity index (χ0n) is 7.62. The first-order valence-electron chi connectivity index (χ1n) is 4.24. The molecule has 0 aliphatic rings. The maximum absolute atomic E-state index is 11.5. The smallest absolute Gasteiger partial charge is 0.259 e. The number of anilines is 1. The average Bonchev–Trinajstić information content (AvgIpc) is 2.74. The average molecular weight is 221 g/mol. The summed E-state index contributed by atoms with van der Waals surface area (Å²) < 4.78 is 0. The van der Waals surface area contributed by atoms with Crippen LogP contribution in [0.3, 0.4) is 0 Å². The van der Waals surface area contributed by atoms with Crippen molar-refractivity contribution in [2.75, 3.05) is 5.32 Å². The second-order valence-corrected chi connectivity index (χ2v) is 3.31. The molecule has 1 heterocycles. The Bertz CT molecular complexity index is 450. The number of aromatic nitrogens is 2. The Morgan fingerprint density at radius 2 is 2.13 bits per heavy atom. The third-order valence-electron chi connectivity index (χ3n) is 1.80. The number of hydrogen-bond donors (Lipinski definition) is 2. The molecular weight excluding hydrogens is 214 g/mol. The second-order valence-electron chi connectivity index (χ2n) is 2.87. The fraction of sp³-hybridized carbons (Fsp3) is 0. The number of benzene rings is 1. The van der Waals surface area contributed by atoms with Crippen LogP contribution in [0.1, 0.15) is 10.4 Å². The fourth-order valence-electron chi connectivity index (χ4n) is 1.07. The first-order chi connectivity index (χ1) is 7.25. The predicted molar refractivity (Wildman–Crippen MR) is 56.8 cm³/mol. The second kappa shape index (κ2) is 4.14. The molecule has 1 aromatic heterocycles. The topological polar surface area (TPSA) is 57.8 Å². The van der Waals surface area contributed by atoms with Crippen molar-refractivity contribution in [2.45, 2.75) is 0 Å². The highest BCUT2D eigenvalue weighted by Crippen LogP contribution is 2.13. The summed E-state index contributed by atoms with van der Waals surface area (Å²) in [6.45, 7) is 0. The zero-order chi connectivity index (χ0) is 10.7. The van der Waals surface area contributed by atoms with Crippen LogP contribution >= 0.6 is 11.6 Å². The van der Waals surface area contributed by atoms with Gasteiger partial charge in [-0.25, -0.2) is 0 Å². The molecule has 1 radical (unpaired) electrons. The van der Waals surface area contributed by atoms with Crippen LogP contribution in [0.15, 0.2) is 30.5 Å². The minimum atomic E-state index is -0.258. The molecule has 0 spiro atoms. The van der Waals surface area contributed by atoms with Crippen LogP contribution in [0.5, 0.6) is 0 Å². The number of amides is 1. The molecule has 0 aliphatic carbocycles. The van der Waals surface area contributed by atoms with Crippen molar-refractivity contribution < 1.29 is 4.79 Å². The monoisotopic (exact) mass is 220 g/mol. The molecular formula is C10H7ClN3O. The third kappa shape index (κ3) is 2.35. The largest absolute Gasteiger partial charge is 0.322 e. The number of nitrogens with one attached hydrogen (secondary N) is 2. The van der Waals surface area contributed by atoms with E-state index in [1.165, 1.54) is 6.20 Å². The highest BCUT2D eigenvalue weighted by Gasteiger charge is 2.06. The van der Waals surface area contributed by atoms with Crippen molar-refractivity contribution in [1.29, 1.82) is 0 Å². The van der Waals surface area contributed by atoms with E-state index in [2.05, 4.69) is 21.7 Å². The molecule has 0 aliphatic heterocycles. The molecule has 15 heavy (non-hydrogen) atoms. The van der Waals surface area contributed by atoms with Crippen LogP contribution in [-0.4, -0.2) is 16.1 Å². The number of hydrogen-bond acceptors (Lipinski definition) is 2. The lowest BCUT2D eigenvalue weighted by Gasteiger charge is -2.02. The summed E-state index contributed by atoms with van der Waals surface area (Å²) >= 11 is 5.71. The van der Waals surface area contributed by atoms with Gasteiger partial charge in [0.2, 0.25) is 0 Å². The fourth-order valence-corrected chi connectivity index (χ4v) is 1.20. The molecule has 1 aromatic carbocycles. The lowest BCUT2D eigenvalue weighted by Crippen LogP contribution is -2.10. The standard InChI is InChI=1S/C10H7ClN3O/c11-8-1-3-9(4-2-8)14-10(15)7-5-12-13-6-7/h1-5H,(H,12,13)(H,14,15). The molecule has 1 amide bonds. The van der Waals surface area contributed by atoms with E-state index in [-0.39, 0.29) is 5.91 Å². The number of rotatable bonds is 2. The van der Waals surface area contributed by atoms with E-state index < -0.39 is 0 Å². The number of carbonyl (C=O) groups excluding carboxylic acids is 1. The molecule has 75 valence electrons. The molecule has 0 fully saturated rings. The first kappa shape index (κ1) is 9.73. The van der Waals surface area contributed by atoms with Crippen molar-refractivity contribution in [3.05, 3.63) is 47.2 Å². The lowest BCUT2D eigenvalue weighted by atomic mass is 10.3. The number of halogens is 1. The summed E-state index contributed by atoms with van der Waals surface area (Å²) in [5.74, 6) is -0.258. The van der Waals surface area contributed by atoms with E-state index in [4.69, 9.17) is 11.6 Å². The highest BCUT2D eigenvalue weighted by atomic mass is 35.5. The summed E-state index contributed by atoms with van der Waals surface area (Å²) in [5.41, 5.74) is 1.05. The van der Waals surface area contributed by atoms with Crippen LogP contribution < -0.4 is 5.32 Å². The van der Waals surface area contributed by atoms with Gasteiger partial charge in [0.1, 0.15) is 6.20 Å². The van der Waals surface area contributed by atoms with Gasteiger partial charge in [0.15, 0.2) is 0 Å². The number of aromatic amines is 1. The highest BCUT2D eigenvalue weighted by molar-refractivity contribution is 6.30. The summed E-state index contributed by atoms with van der Waals surface area (Å²) in [6, 6.07) is 6.85. The Hall–Kier alpha value is -1.81. The summed E-state index contributed by atoms with van der Waals surface area (Å²) in [5, 5.41) is 9.40. The maximum atomic E-state index is 11.5. The molecule has 2 aromatic rings. The molecule has 2 rings (SSSR count). The predicted octanol–water partition coefficient (Wildman–Crippen LogP) is 2.12. The molecule has 0 bridgehead atoms. The third-order valence-corrected chi connectivity index (χ3v) is 2.05. The molecule has 4 nitrogen and oxygen atoms in total. The minimum Gasteiger partial charge on any atom is -0.322 e. The molecule has 0 saturated carbocycles. The van der Waals surface area contributed by atoms with Crippen LogP contribution in [0.4, 0.5) is 5.69 Å². The first-order valence-corrected chi connectivity index (χ1v) is 4.62. The Labute approximate surface area is 91.3 Å². The van der Waals surface area contributed by atoms with Gasteiger partial charge in [-0.1, -0.05) is 11.6 Å². The van der Waals surface area contributed by atoms with Crippen molar-refractivity contribution in [2.24, 2.45) is 0 Å². The van der Waals surface area contributed by atoms with Gasteiger partial charge in [0.25, 0.3) is 5.91 Å². The van der Waals surface area contributed by atoms with Gasteiger partial charge < -0.3 is 5.32 Å².